The van der Waals surface area contributed by atoms with E-state index in [9.17, 15) is 0 Å². The SMILES string of the molecule is Cc1cccc(NC(=S)N(C)c2ccn(C(=S)Nc3cccc(Cl)c3)n2)c1. The van der Waals surface area contributed by atoms with Gasteiger partial charge in [-0.3, -0.25) is 0 Å². The molecule has 138 valence electrons. The Labute approximate surface area is 173 Å². The smallest absolute Gasteiger partial charge is 0.198 e. The first kappa shape index (κ1) is 19.3. The monoisotopic (exact) mass is 415 g/mol. The third-order valence-electron chi connectivity index (χ3n) is 3.78. The van der Waals surface area contributed by atoms with E-state index < -0.39 is 0 Å². The molecule has 0 aliphatic carbocycles. The van der Waals surface area contributed by atoms with Gasteiger partial charge in [0, 0.05) is 35.7 Å². The maximum absolute atomic E-state index is 6.00. The van der Waals surface area contributed by atoms with Crippen LogP contribution in [0.5, 0.6) is 0 Å². The number of hydrogen-bond donors (Lipinski definition) is 2. The largest absolute Gasteiger partial charge is 0.332 e. The number of anilines is 3. The molecule has 2 aromatic carbocycles. The summed E-state index contributed by atoms with van der Waals surface area (Å²) in [5.74, 6) is 0.676. The van der Waals surface area contributed by atoms with Gasteiger partial charge in [0.15, 0.2) is 16.0 Å². The molecule has 0 spiro atoms. The molecule has 3 rings (SSSR count). The Morgan fingerprint density at radius 1 is 1.04 bits per heavy atom. The van der Waals surface area contributed by atoms with Crippen LogP contribution in [0.1, 0.15) is 5.56 Å². The molecular weight excluding hydrogens is 398 g/mol. The van der Waals surface area contributed by atoms with E-state index in [0.29, 0.717) is 21.1 Å². The molecule has 0 amide bonds. The average Bonchev–Trinajstić information content (AvgIpc) is 3.11. The van der Waals surface area contributed by atoms with Gasteiger partial charge >= 0.3 is 0 Å². The fourth-order valence-electron chi connectivity index (χ4n) is 2.39. The molecule has 0 radical (unpaired) electrons. The van der Waals surface area contributed by atoms with Crippen molar-refractivity contribution in [1.82, 2.24) is 9.78 Å². The summed E-state index contributed by atoms with van der Waals surface area (Å²) in [6.07, 6.45) is 1.78. The highest BCUT2D eigenvalue weighted by atomic mass is 35.5. The summed E-state index contributed by atoms with van der Waals surface area (Å²) in [4.78, 5) is 1.79. The molecule has 8 heteroatoms. The van der Waals surface area contributed by atoms with Gasteiger partial charge in [-0.05, 0) is 67.3 Å². The second-order valence-corrected chi connectivity index (χ2v) is 7.13. The molecule has 27 heavy (non-hydrogen) atoms. The number of rotatable bonds is 3. The van der Waals surface area contributed by atoms with Gasteiger partial charge in [-0.15, -0.1) is 5.10 Å². The van der Waals surface area contributed by atoms with E-state index in [1.807, 2.05) is 56.4 Å². The van der Waals surface area contributed by atoms with Crippen LogP contribution in [0.3, 0.4) is 0 Å². The molecule has 1 aromatic heterocycles. The minimum absolute atomic E-state index is 0.439. The molecule has 0 aliphatic rings. The lowest BCUT2D eigenvalue weighted by molar-refractivity contribution is 0.937. The molecule has 1 heterocycles. The molecule has 0 saturated carbocycles. The van der Waals surface area contributed by atoms with Crippen LogP contribution in [0.25, 0.3) is 0 Å². The summed E-state index contributed by atoms with van der Waals surface area (Å²) >= 11 is 16.9. The number of nitrogens with zero attached hydrogens (tertiary/aromatic N) is 3. The van der Waals surface area contributed by atoms with Gasteiger partial charge in [0.05, 0.1) is 0 Å². The van der Waals surface area contributed by atoms with Gasteiger partial charge < -0.3 is 15.5 Å². The van der Waals surface area contributed by atoms with Gasteiger partial charge in [0.25, 0.3) is 0 Å². The maximum atomic E-state index is 6.00. The summed E-state index contributed by atoms with van der Waals surface area (Å²) in [6.45, 7) is 2.04. The van der Waals surface area contributed by atoms with E-state index in [2.05, 4.69) is 15.7 Å². The van der Waals surface area contributed by atoms with Crippen LogP contribution >= 0.6 is 36.0 Å². The van der Waals surface area contributed by atoms with Crippen molar-refractivity contribution in [3.8, 4) is 0 Å². The Morgan fingerprint density at radius 3 is 2.44 bits per heavy atom. The second-order valence-electron chi connectivity index (χ2n) is 5.92. The van der Waals surface area contributed by atoms with Gasteiger partial charge in [-0.2, -0.15) is 0 Å². The minimum Gasteiger partial charge on any atom is -0.332 e. The van der Waals surface area contributed by atoms with E-state index >= 15 is 0 Å². The van der Waals surface area contributed by atoms with Crippen LogP contribution in [0.15, 0.2) is 60.8 Å². The standard InChI is InChI=1S/C19H18ClN5S2/c1-13-5-3-7-15(11-13)21-18(26)24(2)17-9-10-25(23-17)19(27)22-16-8-4-6-14(20)12-16/h3-12H,1-2H3,(H,21,26)(H,22,27). The van der Waals surface area contributed by atoms with E-state index in [0.717, 1.165) is 16.9 Å². The molecule has 0 atom stereocenters. The topological polar surface area (TPSA) is 45.1 Å². The number of hydrogen-bond acceptors (Lipinski definition) is 3. The van der Waals surface area contributed by atoms with Crippen molar-refractivity contribution in [3.63, 3.8) is 0 Å². The predicted molar refractivity (Wildman–Crippen MR) is 121 cm³/mol. The summed E-state index contributed by atoms with van der Waals surface area (Å²) < 4.78 is 1.58. The number of nitrogens with one attached hydrogen (secondary N) is 2. The lowest BCUT2D eigenvalue weighted by Gasteiger charge is -2.19. The number of aryl methyl sites for hydroxylation is 1. The van der Waals surface area contributed by atoms with E-state index in [4.69, 9.17) is 36.0 Å². The first-order valence-electron chi connectivity index (χ1n) is 8.16. The van der Waals surface area contributed by atoms with Crippen LogP contribution in [-0.4, -0.2) is 27.1 Å². The van der Waals surface area contributed by atoms with Crippen molar-refractivity contribution in [2.75, 3.05) is 22.6 Å². The Balaban J connectivity index is 1.67. The fraction of sp³-hybridized carbons (Fsp3) is 0.105. The third-order valence-corrected chi connectivity index (χ3v) is 4.68. The van der Waals surface area contributed by atoms with Crippen LogP contribution in [0.4, 0.5) is 17.2 Å². The highest BCUT2D eigenvalue weighted by molar-refractivity contribution is 7.81. The van der Waals surface area contributed by atoms with Gasteiger partial charge in [0.1, 0.15) is 0 Å². The zero-order valence-corrected chi connectivity index (χ0v) is 17.2. The lowest BCUT2D eigenvalue weighted by atomic mass is 10.2. The highest BCUT2D eigenvalue weighted by Gasteiger charge is 2.12. The minimum atomic E-state index is 0.439. The highest BCUT2D eigenvalue weighted by Crippen LogP contribution is 2.16. The van der Waals surface area contributed by atoms with Gasteiger partial charge in [-0.1, -0.05) is 29.8 Å². The molecule has 0 saturated heterocycles. The first-order chi connectivity index (χ1) is 12.9. The molecule has 0 aliphatic heterocycles. The molecule has 3 aromatic rings. The van der Waals surface area contributed by atoms with Gasteiger partial charge in [-0.25, -0.2) is 4.68 Å². The van der Waals surface area contributed by atoms with Gasteiger partial charge in [0.2, 0.25) is 0 Å². The molecule has 0 unspecified atom stereocenters. The summed E-state index contributed by atoms with van der Waals surface area (Å²) in [5.41, 5.74) is 2.89. The number of benzene rings is 2. The van der Waals surface area contributed by atoms with Crippen molar-refractivity contribution < 1.29 is 0 Å². The zero-order valence-electron chi connectivity index (χ0n) is 14.8. The molecule has 2 N–H and O–H groups in total. The van der Waals surface area contributed by atoms with Crippen molar-refractivity contribution in [2.45, 2.75) is 6.92 Å². The number of halogens is 1. The fourth-order valence-corrected chi connectivity index (χ4v) is 3.01. The Morgan fingerprint density at radius 2 is 1.74 bits per heavy atom. The summed E-state index contributed by atoms with van der Waals surface area (Å²) in [7, 11) is 1.85. The summed E-state index contributed by atoms with van der Waals surface area (Å²) in [6, 6.07) is 17.2. The second kappa shape index (κ2) is 8.47. The lowest BCUT2D eigenvalue weighted by Crippen LogP contribution is -2.31. The molecule has 0 bridgehead atoms. The first-order valence-corrected chi connectivity index (χ1v) is 9.36. The number of aromatic nitrogens is 2. The van der Waals surface area contributed by atoms with Crippen LogP contribution in [0.2, 0.25) is 5.02 Å². The summed E-state index contributed by atoms with van der Waals surface area (Å²) in [5, 5.41) is 12.4. The van der Waals surface area contributed by atoms with Crippen LogP contribution < -0.4 is 15.5 Å². The van der Waals surface area contributed by atoms with E-state index in [1.165, 1.54) is 0 Å². The maximum Gasteiger partial charge on any atom is 0.198 e. The quantitative estimate of drug-likeness (QED) is 0.592. The molecular formula is C19H18ClN5S2. The van der Waals surface area contributed by atoms with Crippen molar-refractivity contribution >= 4 is 63.5 Å². The normalized spacial score (nSPS) is 10.3. The molecule has 5 nitrogen and oxygen atoms in total. The van der Waals surface area contributed by atoms with Crippen LogP contribution in [0, 0.1) is 6.92 Å². The Hall–Kier alpha value is -2.48. The predicted octanol–water partition coefficient (Wildman–Crippen LogP) is 4.92. The van der Waals surface area contributed by atoms with Crippen molar-refractivity contribution in [1.29, 1.82) is 0 Å². The molecule has 0 fully saturated rings. The third kappa shape index (κ3) is 5.03. The van der Waals surface area contributed by atoms with Crippen molar-refractivity contribution in [3.05, 3.63) is 71.4 Å². The Kier molecular flexibility index (Phi) is 6.05. The number of thiocarbonyl (C=S) groups is 2. The van der Waals surface area contributed by atoms with Crippen LogP contribution in [-0.2, 0) is 0 Å². The van der Waals surface area contributed by atoms with Crippen molar-refractivity contribution in [2.24, 2.45) is 0 Å². The average molecular weight is 416 g/mol. The van der Waals surface area contributed by atoms with E-state index in [-0.39, 0.29) is 0 Å². The van der Waals surface area contributed by atoms with E-state index in [1.54, 1.807) is 27.9 Å². The zero-order chi connectivity index (χ0) is 19.4. The Bertz CT molecular complexity index is 985.